The molecule has 1 heterocycles. The molecule has 5 heteroatoms. The summed E-state index contributed by atoms with van der Waals surface area (Å²) in [4.78, 5) is 12.0. The minimum absolute atomic E-state index is 0.191. The van der Waals surface area contributed by atoms with E-state index >= 15 is 0 Å². The first-order valence-electron chi connectivity index (χ1n) is 8.14. The van der Waals surface area contributed by atoms with Crippen LogP contribution in [0.25, 0.3) is 0 Å². The molecule has 1 N–H and O–H groups in total. The molecule has 128 valence electrons. The standard InChI is InChI=1S/C18H26O5/c1-13(19)8-9-15-10-16(21-2)17(11-18(20)23-15)22-12-14-6-4-3-5-7-14/h3-7,13,15-17,19H,8-12H2,1-2H3/t13-,15-,16+,17+/m1/s1. The number of hydrogen-bond acceptors (Lipinski definition) is 5. The van der Waals surface area contributed by atoms with Crippen LogP contribution < -0.4 is 0 Å². The molecule has 23 heavy (non-hydrogen) atoms. The topological polar surface area (TPSA) is 65.0 Å². The molecule has 1 aliphatic rings. The summed E-state index contributed by atoms with van der Waals surface area (Å²) in [5.41, 5.74) is 1.06. The van der Waals surface area contributed by atoms with Crippen molar-refractivity contribution in [3.05, 3.63) is 35.9 Å². The van der Waals surface area contributed by atoms with E-state index in [4.69, 9.17) is 14.2 Å². The monoisotopic (exact) mass is 322 g/mol. The third-order valence-corrected chi connectivity index (χ3v) is 4.09. The van der Waals surface area contributed by atoms with Crippen LogP contribution in [0.5, 0.6) is 0 Å². The maximum Gasteiger partial charge on any atom is 0.308 e. The number of aliphatic hydroxyl groups is 1. The lowest BCUT2D eigenvalue weighted by Crippen LogP contribution is -2.32. The molecule has 0 bridgehead atoms. The molecule has 0 aliphatic carbocycles. The Hall–Kier alpha value is -1.43. The second-order valence-electron chi connectivity index (χ2n) is 6.09. The summed E-state index contributed by atoms with van der Waals surface area (Å²) in [7, 11) is 1.63. The number of carbonyl (C=O) groups excluding carboxylic acids is 1. The van der Waals surface area contributed by atoms with E-state index in [-0.39, 0.29) is 30.7 Å². The normalized spacial score (nSPS) is 26.4. The smallest absolute Gasteiger partial charge is 0.308 e. The molecule has 0 spiro atoms. The average molecular weight is 322 g/mol. The molecule has 0 saturated carbocycles. The average Bonchev–Trinajstić information content (AvgIpc) is 2.70. The predicted octanol–water partition coefficient (Wildman–Crippen LogP) is 2.45. The highest BCUT2D eigenvalue weighted by Crippen LogP contribution is 2.24. The molecule has 4 atom stereocenters. The maximum absolute atomic E-state index is 12.0. The molecule has 0 radical (unpaired) electrons. The molecule has 1 aliphatic heterocycles. The van der Waals surface area contributed by atoms with E-state index in [9.17, 15) is 9.90 Å². The first-order valence-corrected chi connectivity index (χ1v) is 8.14. The molecule has 1 fully saturated rings. The third-order valence-electron chi connectivity index (χ3n) is 4.09. The van der Waals surface area contributed by atoms with Gasteiger partial charge in [-0.05, 0) is 25.3 Å². The van der Waals surface area contributed by atoms with Gasteiger partial charge in [0.25, 0.3) is 0 Å². The van der Waals surface area contributed by atoms with Gasteiger partial charge < -0.3 is 19.3 Å². The Balaban J connectivity index is 1.94. The fourth-order valence-electron chi connectivity index (χ4n) is 2.78. The highest BCUT2D eigenvalue weighted by atomic mass is 16.6. The molecular weight excluding hydrogens is 296 g/mol. The van der Waals surface area contributed by atoms with Gasteiger partial charge in [0.15, 0.2) is 0 Å². The molecule has 2 rings (SSSR count). The van der Waals surface area contributed by atoms with Gasteiger partial charge in [0.2, 0.25) is 0 Å². The number of cyclic esters (lactones) is 1. The number of esters is 1. The SMILES string of the molecule is CO[C@H]1C[C@@H](CC[C@@H](C)O)OC(=O)C[C@@H]1OCc1ccccc1. The molecule has 5 nitrogen and oxygen atoms in total. The second-order valence-corrected chi connectivity index (χ2v) is 6.09. The van der Waals surface area contributed by atoms with Crippen LogP contribution in [0, 0.1) is 0 Å². The fourth-order valence-corrected chi connectivity index (χ4v) is 2.78. The summed E-state index contributed by atoms with van der Waals surface area (Å²) < 4.78 is 16.9. The second kappa shape index (κ2) is 9.01. The number of aliphatic hydroxyl groups excluding tert-OH is 1. The quantitative estimate of drug-likeness (QED) is 0.781. The van der Waals surface area contributed by atoms with Gasteiger partial charge in [0, 0.05) is 13.5 Å². The first-order chi connectivity index (χ1) is 11.1. The first kappa shape index (κ1) is 17.9. The van der Waals surface area contributed by atoms with Crippen LogP contribution in [0.1, 0.15) is 38.2 Å². The largest absolute Gasteiger partial charge is 0.462 e. The molecule has 0 unspecified atom stereocenters. The van der Waals surface area contributed by atoms with Crippen LogP contribution in [0.2, 0.25) is 0 Å². The summed E-state index contributed by atoms with van der Waals surface area (Å²) in [6.07, 6.45) is 0.882. The molecule has 1 aromatic carbocycles. The summed E-state index contributed by atoms with van der Waals surface area (Å²) in [5, 5.41) is 9.41. The molecule has 1 aromatic rings. The number of ether oxygens (including phenoxy) is 3. The van der Waals surface area contributed by atoms with Crippen molar-refractivity contribution >= 4 is 5.97 Å². The van der Waals surface area contributed by atoms with Gasteiger partial charge in [-0.3, -0.25) is 4.79 Å². The fraction of sp³-hybridized carbons (Fsp3) is 0.611. The van der Waals surface area contributed by atoms with Crippen LogP contribution in [-0.2, 0) is 25.6 Å². The van der Waals surface area contributed by atoms with Crippen LogP contribution in [0.3, 0.4) is 0 Å². The van der Waals surface area contributed by atoms with Crippen LogP contribution in [0.4, 0.5) is 0 Å². The zero-order valence-corrected chi connectivity index (χ0v) is 13.8. The van der Waals surface area contributed by atoms with E-state index in [1.54, 1.807) is 14.0 Å². The number of hydrogen-bond donors (Lipinski definition) is 1. The number of carbonyl (C=O) groups is 1. The highest BCUT2D eigenvalue weighted by Gasteiger charge is 2.33. The Morgan fingerprint density at radius 1 is 1.30 bits per heavy atom. The Kier molecular flexibility index (Phi) is 7.02. The Morgan fingerprint density at radius 3 is 2.70 bits per heavy atom. The zero-order valence-electron chi connectivity index (χ0n) is 13.8. The van der Waals surface area contributed by atoms with Gasteiger partial charge in [0.05, 0.1) is 31.3 Å². The van der Waals surface area contributed by atoms with Crippen molar-refractivity contribution in [2.75, 3.05) is 7.11 Å². The van der Waals surface area contributed by atoms with E-state index in [0.717, 1.165) is 5.56 Å². The van der Waals surface area contributed by atoms with Crippen molar-refractivity contribution in [1.82, 2.24) is 0 Å². The van der Waals surface area contributed by atoms with E-state index in [1.807, 2.05) is 30.3 Å². The van der Waals surface area contributed by atoms with Crippen molar-refractivity contribution in [2.24, 2.45) is 0 Å². The Morgan fingerprint density at radius 2 is 2.04 bits per heavy atom. The van der Waals surface area contributed by atoms with Crippen molar-refractivity contribution in [2.45, 2.75) is 63.6 Å². The maximum atomic E-state index is 12.0. The summed E-state index contributed by atoms with van der Waals surface area (Å²) in [5.74, 6) is -0.266. The van der Waals surface area contributed by atoms with Gasteiger partial charge in [-0.15, -0.1) is 0 Å². The van der Waals surface area contributed by atoms with Gasteiger partial charge in [-0.25, -0.2) is 0 Å². The lowest BCUT2D eigenvalue weighted by atomic mass is 10.0. The number of methoxy groups -OCH3 is 1. The lowest BCUT2D eigenvalue weighted by Gasteiger charge is -2.24. The minimum atomic E-state index is -0.400. The summed E-state index contributed by atoms with van der Waals surface area (Å²) in [6.45, 7) is 2.18. The molecular formula is C18H26O5. The van der Waals surface area contributed by atoms with Gasteiger partial charge in [-0.2, -0.15) is 0 Å². The van der Waals surface area contributed by atoms with Crippen molar-refractivity contribution in [3.63, 3.8) is 0 Å². The van der Waals surface area contributed by atoms with Crippen LogP contribution in [-0.4, -0.2) is 42.6 Å². The van der Waals surface area contributed by atoms with Crippen molar-refractivity contribution < 1.29 is 24.1 Å². The minimum Gasteiger partial charge on any atom is -0.462 e. The predicted molar refractivity (Wildman–Crippen MR) is 85.8 cm³/mol. The van der Waals surface area contributed by atoms with E-state index < -0.39 is 6.10 Å². The molecule has 0 amide bonds. The summed E-state index contributed by atoms with van der Waals surface area (Å²) >= 11 is 0. The van der Waals surface area contributed by atoms with Gasteiger partial charge in [-0.1, -0.05) is 30.3 Å². The Labute approximate surface area is 137 Å². The highest BCUT2D eigenvalue weighted by molar-refractivity contribution is 5.70. The van der Waals surface area contributed by atoms with Crippen molar-refractivity contribution in [1.29, 1.82) is 0 Å². The van der Waals surface area contributed by atoms with E-state index in [2.05, 4.69) is 0 Å². The number of rotatable bonds is 7. The van der Waals surface area contributed by atoms with E-state index in [0.29, 0.717) is 25.9 Å². The third kappa shape index (κ3) is 5.94. The van der Waals surface area contributed by atoms with E-state index in [1.165, 1.54) is 0 Å². The van der Waals surface area contributed by atoms with Crippen LogP contribution in [0.15, 0.2) is 30.3 Å². The van der Waals surface area contributed by atoms with Crippen molar-refractivity contribution in [3.8, 4) is 0 Å². The van der Waals surface area contributed by atoms with Crippen LogP contribution >= 0.6 is 0 Å². The molecule has 1 saturated heterocycles. The Bertz CT molecular complexity index is 474. The summed E-state index contributed by atoms with van der Waals surface area (Å²) in [6, 6.07) is 9.85. The van der Waals surface area contributed by atoms with Gasteiger partial charge in [0.1, 0.15) is 6.10 Å². The number of benzene rings is 1. The molecule has 0 aromatic heterocycles. The van der Waals surface area contributed by atoms with Gasteiger partial charge >= 0.3 is 5.97 Å². The lowest BCUT2D eigenvalue weighted by molar-refractivity contribution is -0.150. The zero-order chi connectivity index (χ0) is 16.7.